The summed E-state index contributed by atoms with van der Waals surface area (Å²) in [5.41, 5.74) is 0.794. The maximum atomic E-state index is 11.5. The van der Waals surface area contributed by atoms with Gasteiger partial charge in [0, 0.05) is 9.90 Å². The molecule has 88 valence electrons. The Morgan fingerprint density at radius 2 is 2.00 bits per heavy atom. The third-order valence-electron chi connectivity index (χ3n) is 2.54. The van der Waals surface area contributed by atoms with E-state index in [2.05, 4.69) is 0 Å². The molecule has 1 aromatic carbocycles. The second-order valence-electron chi connectivity index (χ2n) is 3.66. The third kappa shape index (κ3) is 3.09. The maximum absolute atomic E-state index is 11.5. The Balaban J connectivity index is 2.30. The molecule has 4 heteroatoms. The molecule has 0 aliphatic carbocycles. The fraction of sp³-hybridized carbons (Fsp3) is 0.154. The molecule has 17 heavy (non-hydrogen) atoms. The summed E-state index contributed by atoms with van der Waals surface area (Å²) in [6.45, 7) is 0. The van der Waals surface area contributed by atoms with Crippen LogP contribution in [0.5, 0.6) is 0 Å². The molecule has 0 saturated carbocycles. The van der Waals surface area contributed by atoms with Crippen LogP contribution in [0.15, 0.2) is 41.8 Å². The van der Waals surface area contributed by atoms with Crippen molar-refractivity contribution in [2.45, 2.75) is 12.3 Å². The van der Waals surface area contributed by atoms with E-state index in [9.17, 15) is 4.79 Å². The SMILES string of the molecule is O=C(Cl)C(Cc1cccs1)c1ccccc1Cl. The third-order valence-corrected chi connectivity index (χ3v) is 4.05. The Kier molecular flexibility index (Phi) is 4.21. The number of carbonyl (C=O) groups excluding carboxylic acids is 1. The van der Waals surface area contributed by atoms with Crippen molar-refractivity contribution >= 4 is 39.8 Å². The van der Waals surface area contributed by atoms with Gasteiger partial charge in [-0.25, -0.2) is 0 Å². The summed E-state index contributed by atoms with van der Waals surface area (Å²) in [6, 6.07) is 11.3. The fourth-order valence-electron chi connectivity index (χ4n) is 1.70. The first-order valence-corrected chi connectivity index (χ1v) is 6.78. The minimum absolute atomic E-state index is 0.369. The molecule has 0 radical (unpaired) electrons. The Hall–Kier alpha value is -0.830. The quantitative estimate of drug-likeness (QED) is 0.756. The highest BCUT2D eigenvalue weighted by atomic mass is 35.5. The minimum Gasteiger partial charge on any atom is -0.281 e. The van der Waals surface area contributed by atoms with Gasteiger partial charge < -0.3 is 0 Å². The first-order valence-electron chi connectivity index (χ1n) is 5.14. The van der Waals surface area contributed by atoms with E-state index in [0.717, 1.165) is 10.4 Å². The van der Waals surface area contributed by atoms with Gasteiger partial charge in [-0.05, 0) is 41.1 Å². The minimum atomic E-state index is -0.371. The summed E-state index contributed by atoms with van der Waals surface area (Å²) in [4.78, 5) is 12.7. The zero-order valence-electron chi connectivity index (χ0n) is 8.90. The zero-order valence-corrected chi connectivity index (χ0v) is 11.2. The zero-order chi connectivity index (χ0) is 12.3. The van der Waals surface area contributed by atoms with Crippen molar-refractivity contribution in [1.29, 1.82) is 0 Å². The molecule has 2 aromatic rings. The summed E-state index contributed by atoms with van der Waals surface area (Å²) in [5.74, 6) is -0.371. The molecule has 0 N–H and O–H groups in total. The van der Waals surface area contributed by atoms with E-state index in [4.69, 9.17) is 23.2 Å². The number of carbonyl (C=O) groups is 1. The monoisotopic (exact) mass is 284 g/mol. The van der Waals surface area contributed by atoms with Crippen LogP contribution in [0.3, 0.4) is 0 Å². The van der Waals surface area contributed by atoms with Gasteiger partial charge in [0.1, 0.15) is 0 Å². The Labute approximate surface area is 114 Å². The molecule has 0 aliphatic heterocycles. The average Bonchev–Trinajstić information content (AvgIpc) is 2.79. The number of hydrogen-bond donors (Lipinski definition) is 0. The van der Waals surface area contributed by atoms with Gasteiger partial charge in [-0.3, -0.25) is 4.79 Å². The Bertz CT molecular complexity index is 508. The van der Waals surface area contributed by atoms with Gasteiger partial charge in [-0.15, -0.1) is 11.3 Å². The maximum Gasteiger partial charge on any atom is 0.229 e. The molecule has 2 rings (SSSR count). The van der Waals surface area contributed by atoms with Crippen LogP contribution in [0.1, 0.15) is 16.4 Å². The van der Waals surface area contributed by atoms with E-state index in [1.54, 1.807) is 17.4 Å². The second-order valence-corrected chi connectivity index (χ2v) is 5.47. The van der Waals surface area contributed by atoms with Crippen LogP contribution in [-0.4, -0.2) is 5.24 Å². The molecule has 1 atom stereocenters. The number of rotatable bonds is 4. The van der Waals surface area contributed by atoms with Crippen LogP contribution in [0, 0.1) is 0 Å². The van der Waals surface area contributed by atoms with Crippen molar-refractivity contribution in [3.8, 4) is 0 Å². The normalized spacial score (nSPS) is 12.4. The van der Waals surface area contributed by atoms with Crippen molar-refractivity contribution in [1.82, 2.24) is 0 Å². The van der Waals surface area contributed by atoms with Gasteiger partial charge in [-0.2, -0.15) is 0 Å². The van der Waals surface area contributed by atoms with Crippen LogP contribution < -0.4 is 0 Å². The lowest BCUT2D eigenvalue weighted by Gasteiger charge is -2.13. The van der Waals surface area contributed by atoms with Gasteiger partial charge in [0.15, 0.2) is 0 Å². The number of thiophene rings is 1. The molecular formula is C13H10Cl2OS. The van der Waals surface area contributed by atoms with Crippen LogP contribution in [0.4, 0.5) is 0 Å². The molecule has 1 nitrogen and oxygen atoms in total. The van der Waals surface area contributed by atoms with Crippen molar-refractivity contribution in [3.05, 3.63) is 57.2 Å². The van der Waals surface area contributed by atoms with Crippen LogP contribution in [0.2, 0.25) is 5.02 Å². The van der Waals surface area contributed by atoms with E-state index in [0.29, 0.717) is 11.4 Å². The average molecular weight is 285 g/mol. The highest BCUT2D eigenvalue weighted by Gasteiger charge is 2.21. The van der Waals surface area contributed by atoms with Crippen molar-refractivity contribution in [2.75, 3.05) is 0 Å². The van der Waals surface area contributed by atoms with E-state index in [-0.39, 0.29) is 11.2 Å². The predicted octanol–water partition coefficient (Wildman–Crippen LogP) is 4.49. The summed E-state index contributed by atoms with van der Waals surface area (Å²) < 4.78 is 0. The van der Waals surface area contributed by atoms with E-state index in [1.807, 2.05) is 35.7 Å². The molecule has 0 bridgehead atoms. The molecular weight excluding hydrogens is 275 g/mol. The fourth-order valence-corrected chi connectivity index (χ4v) is 2.91. The molecule has 0 spiro atoms. The number of hydrogen-bond acceptors (Lipinski definition) is 2. The first kappa shape index (κ1) is 12.6. The molecule has 1 heterocycles. The van der Waals surface area contributed by atoms with E-state index < -0.39 is 0 Å². The molecule has 1 unspecified atom stereocenters. The Morgan fingerprint density at radius 1 is 1.24 bits per heavy atom. The van der Waals surface area contributed by atoms with Crippen LogP contribution in [-0.2, 0) is 11.2 Å². The van der Waals surface area contributed by atoms with Gasteiger partial charge >= 0.3 is 0 Å². The Morgan fingerprint density at radius 3 is 2.59 bits per heavy atom. The lowest BCUT2D eigenvalue weighted by molar-refractivity contribution is -0.113. The number of halogens is 2. The van der Waals surface area contributed by atoms with Gasteiger partial charge in [0.2, 0.25) is 5.24 Å². The molecule has 1 aromatic heterocycles. The van der Waals surface area contributed by atoms with Crippen LogP contribution in [0.25, 0.3) is 0 Å². The molecule has 0 aliphatic rings. The largest absolute Gasteiger partial charge is 0.281 e. The van der Waals surface area contributed by atoms with Gasteiger partial charge in [-0.1, -0.05) is 35.9 Å². The lowest BCUT2D eigenvalue weighted by atomic mass is 9.96. The van der Waals surface area contributed by atoms with Crippen LogP contribution >= 0.6 is 34.5 Å². The lowest BCUT2D eigenvalue weighted by Crippen LogP contribution is -2.10. The van der Waals surface area contributed by atoms with Crippen molar-refractivity contribution < 1.29 is 4.79 Å². The first-order chi connectivity index (χ1) is 8.18. The van der Waals surface area contributed by atoms with E-state index in [1.165, 1.54) is 0 Å². The summed E-state index contributed by atoms with van der Waals surface area (Å²) in [7, 11) is 0. The second kappa shape index (κ2) is 5.67. The predicted molar refractivity (Wildman–Crippen MR) is 73.1 cm³/mol. The summed E-state index contributed by atoms with van der Waals surface area (Å²) >= 11 is 13.4. The molecule has 0 fully saturated rings. The smallest absolute Gasteiger partial charge is 0.229 e. The summed E-state index contributed by atoms with van der Waals surface area (Å²) in [5, 5.41) is 2.20. The summed E-state index contributed by atoms with van der Waals surface area (Å²) in [6.07, 6.45) is 0.601. The number of benzene rings is 1. The highest BCUT2D eigenvalue weighted by molar-refractivity contribution is 7.09. The van der Waals surface area contributed by atoms with Gasteiger partial charge in [0.25, 0.3) is 0 Å². The van der Waals surface area contributed by atoms with Crippen molar-refractivity contribution in [2.24, 2.45) is 0 Å². The highest BCUT2D eigenvalue weighted by Crippen LogP contribution is 2.30. The van der Waals surface area contributed by atoms with Crippen molar-refractivity contribution in [3.63, 3.8) is 0 Å². The van der Waals surface area contributed by atoms with E-state index >= 15 is 0 Å². The van der Waals surface area contributed by atoms with Gasteiger partial charge in [0.05, 0.1) is 5.92 Å². The molecule has 0 saturated heterocycles. The topological polar surface area (TPSA) is 17.1 Å². The molecule has 0 amide bonds. The standard InChI is InChI=1S/C13H10Cl2OS/c14-12-6-2-1-5-10(12)11(13(15)16)8-9-4-3-7-17-9/h1-7,11H,8H2.